The number of nitrogens with zero attached hydrogens (tertiary/aromatic N) is 3. The largest absolute Gasteiger partial charge is 0.341 e. The van der Waals surface area contributed by atoms with Crippen LogP contribution < -0.4 is 20.4 Å². The Labute approximate surface area is 218 Å². The number of likely N-dealkylation sites (N-methyl/N-ethyl adjacent to an activating group) is 1. The summed E-state index contributed by atoms with van der Waals surface area (Å²) >= 11 is 0. The molecule has 8 nitrogen and oxygen atoms in total. The number of hydrogen-bond acceptors (Lipinski definition) is 5. The van der Waals surface area contributed by atoms with Crippen LogP contribution in [-0.2, 0) is 14.4 Å². The van der Waals surface area contributed by atoms with Crippen molar-refractivity contribution in [3.8, 4) is 6.07 Å². The minimum Gasteiger partial charge on any atom is -0.341 e. The number of fused-ring (bicyclic) bond motifs is 2. The minimum absolute atomic E-state index is 0.242. The van der Waals surface area contributed by atoms with Crippen LogP contribution in [0.5, 0.6) is 0 Å². The summed E-state index contributed by atoms with van der Waals surface area (Å²) in [4.78, 5) is 43.3. The monoisotopic (exact) mass is 499 g/mol. The van der Waals surface area contributed by atoms with Gasteiger partial charge in [0.15, 0.2) is 0 Å². The average Bonchev–Trinajstić information content (AvgIpc) is 2.97. The first kappa shape index (κ1) is 26.1. The Bertz CT molecular complexity index is 1300. The van der Waals surface area contributed by atoms with Gasteiger partial charge in [-0.2, -0.15) is 5.26 Å². The van der Waals surface area contributed by atoms with E-state index >= 15 is 0 Å². The first-order valence-corrected chi connectivity index (χ1v) is 12.6. The summed E-state index contributed by atoms with van der Waals surface area (Å²) in [6.45, 7) is 7.21. The number of nitrogens with one attached hydrogen (secondary N) is 2. The number of rotatable bonds is 5. The van der Waals surface area contributed by atoms with E-state index in [9.17, 15) is 19.6 Å². The SMILES string of the molecule is CN[C@@H](C)C(=O)NC1C(=O)N(CC2=C3C=CC=CC3CC=C2C)c2ccc(C#N)cc2N(C(C)=O)[C@H]1C. The van der Waals surface area contributed by atoms with Gasteiger partial charge in [-0.1, -0.05) is 30.4 Å². The lowest BCUT2D eigenvalue weighted by Crippen LogP contribution is -2.59. The van der Waals surface area contributed by atoms with Gasteiger partial charge < -0.3 is 20.4 Å². The predicted octanol–water partition coefficient (Wildman–Crippen LogP) is 3.13. The van der Waals surface area contributed by atoms with E-state index in [-0.39, 0.29) is 30.2 Å². The van der Waals surface area contributed by atoms with Crippen LogP contribution in [0.1, 0.15) is 39.7 Å². The lowest BCUT2D eigenvalue weighted by atomic mass is 9.81. The van der Waals surface area contributed by atoms with E-state index in [0.717, 1.165) is 23.1 Å². The molecule has 4 rings (SSSR count). The van der Waals surface area contributed by atoms with Gasteiger partial charge in [0.25, 0.3) is 5.91 Å². The minimum atomic E-state index is -0.985. The molecule has 1 aliphatic heterocycles. The van der Waals surface area contributed by atoms with Crippen molar-refractivity contribution in [2.75, 3.05) is 23.4 Å². The number of hydrogen-bond donors (Lipinski definition) is 2. The summed E-state index contributed by atoms with van der Waals surface area (Å²) in [7, 11) is 1.67. The maximum atomic E-state index is 14.2. The van der Waals surface area contributed by atoms with Crippen molar-refractivity contribution in [2.45, 2.75) is 52.2 Å². The lowest BCUT2D eigenvalue weighted by molar-refractivity contribution is -0.129. The molecule has 1 heterocycles. The Balaban J connectivity index is 1.88. The fourth-order valence-electron chi connectivity index (χ4n) is 5.23. The van der Waals surface area contributed by atoms with Crippen LogP contribution in [0, 0.1) is 17.2 Å². The van der Waals surface area contributed by atoms with E-state index in [1.165, 1.54) is 11.8 Å². The average molecular weight is 500 g/mol. The third-order valence-corrected chi connectivity index (χ3v) is 7.49. The molecule has 8 heteroatoms. The van der Waals surface area contributed by atoms with E-state index in [2.05, 4.69) is 34.9 Å². The third-order valence-electron chi connectivity index (χ3n) is 7.49. The van der Waals surface area contributed by atoms with Gasteiger partial charge in [-0.15, -0.1) is 0 Å². The molecule has 3 aliphatic rings. The summed E-state index contributed by atoms with van der Waals surface area (Å²) in [5.74, 6) is -0.686. The molecule has 0 fully saturated rings. The Morgan fingerprint density at radius 3 is 2.68 bits per heavy atom. The van der Waals surface area contributed by atoms with E-state index in [4.69, 9.17) is 0 Å². The molecule has 2 N–H and O–H groups in total. The standard InChI is InChI=1S/C29H33N5O3/c1-17-10-12-22-8-6-7-9-23(22)24(17)16-33-25-13-11-21(15-30)14-26(25)34(20(4)35)19(3)27(29(33)37)32-28(36)18(2)31-5/h6-11,13-14,18-19,22,27,31H,12,16H2,1-5H3,(H,32,36)/t18-,19-,22?,27?/m0/s1. The van der Waals surface area contributed by atoms with Gasteiger partial charge in [0.05, 0.1) is 41.6 Å². The van der Waals surface area contributed by atoms with Crippen LogP contribution in [-0.4, -0.2) is 49.4 Å². The second kappa shape index (κ2) is 10.6. The van der Waals surface area contributed by atoms with Crippen molar-refractivity contribution in [2.24, 2.45) is 5.92 Å². The Hall–Kier alpha value is -3.96. The van der Waals surface area contributed by atoms with Gasteiger partial charge in [0.2, 0.25) is 11.8 Å². The highest BCUT2D eigenvalue weighted by Gasteiger charge is 2.42. The van der Waals surface area contributed by atoms with Crippen LogP contribution in [0.3, 0.4) is 0 Å². The molecule has 0 bridgehead atoms. The molecule has 2 aliphatic carbocycles. The highest BCUT2D eigenvalue weighted by molar-refractivity contribution is 6.09. The normalized spacial score (nSPS) is 23.5. The van der Waals surface area contributed by atoms with Gasteiger partial charge in [-0.3, -0.25) is 14.4 Å². The topological polar surface area (TPSA) is 106 Å². The van der Waals surface area contributed by atoms with Gasteiger partial charge in [0, 0.05) is 12.8 Å². The molecule has 4 atom stereocenters. The van der Waals surface area contributed by atoms with Crippen molar-refractivity contribution in [1.82, 2.24) is 10.6 Å². The molecule has 37 heavy (non-hydrogen) atoms. The molecule has 0 saturated carbocycles. The van der Waals surface area contributed by atoms with Gasteiger partial charge in [0.1, 0.15) is 6.04 Å². The van der Waals surface area contributed by atoms with Crippen LogP contribution in [0.2, 0.25) is 0 Å². The fourth-order valence-corrected chi connectivity index (χ4v) is 5.23. The number of nitriles is 1. The molecule has 192 valence electrons. The van der Waals surface area contributed by atoms with Gasteiger partial charge in [-0.25, -0.2) is 0 Å². The van der Waals surface area contributed by atoms with Crippen molar-refractivity contribution < 1.29 is 14.4 Å². The highest BCUT2D eigenvalue weighted by Crippen LogP contribution is 2.40. The third kappa shape index (κ3) is 4.87. The zero-order valence-electron chi connectivity index (χ0n) is 21.9. The smallest absolute Gasteiger partial charge is 0.252 e. The van der Waals surface area contributed by atoms with Crippen molar-refractivity contribution in [3.05, 3.63) is 70.9 Å². The molecule has 0 radical (unpaired) electrons. The van der Waals surface area contributed by atoms with E-state index in [0.29, 0.717) is 16.9 Å². The highest BCUT2D eigenvalue weighted by atomic mass is 16.2. The van der Waals surface area contributed by atoms with E-state index < -0.39 is 18.1 Å². The van der Waals surface area contributed by atoms with Crippen LogP contribution in [0.4, 0.5) is 11.4 Å². The molecule has 1 aromatic carbocycles. The molecule has 0 saturated heterocycles. The van der Waals surface area contributed by atoms with Crippen molar-refractivity contribution in [3.63, 3.8) is 0 Å². The van der Waals surface area contributed by atoms with Crippen molar-refractivity contribution in [1.29, 1.82) is 5.26 Å². The number of carbonyl (C=O) groups is 3. The van der Waals surface area contributed by atoms with Gasteiger partial charge >= 0.3 is 0 Å². The van der Waals surface area contributed by atoms with E-state index in [1.54, 1.807) is 44.0 Å². The van der Waals surface area contributed by atoms with Crippen LogP contribution in [0.25, 0.3) is 0 Å². The Morgan fingerprint density at radius 1 is 1.24 bits per heavy atom. The maximum Gasteiger partial charge on any atom is 0.252 e. The Morgan fingerprint density at radius 2 is 2.00 bits per heavy atom. The van der Waals surface area contributed by atoms with Crippen molar-refractivity contribution >= 4 is 29.1 Å². The fraction of sp³-hybridized carbons (Fsp3) is 0.379. The zero-order chi connectivity index (χ0) is 26.9. The van der Waals surface area contributed by atoms with E-state index in [1.807, 2.05) is 19.1 Å². The molecule has 3 amide bonds. The van der Waals surface area contributed by atoms with Crippen LogP contribution >= 0.6 is 0 Å². The Kier molecular flexibility index (Phi) is 7.46. The molecular weight excluding hydrogens is 466 g/mol. The number of anilines is 2. The predicted molar refractivity (Wildman–Crippen MR) is 144 cm³/mol. The molecule has 2 unspecified atom stereocenters. The molecular formula is C29H33N5O3. The number of benzene rings is 1. The number of allylic oxidation sites excluding steroid dienone is 6. The lowest BCUT2D eigenvalue weighted by Gasteiger charge is -2.32. The van der Waals surface area contributed by atoms with Gasteiger partial charge in [-0.05, 0) is 69.2 Å². The van der Waals surface area contributed by atoms with Crippen LogP contribution in [0.15, 0.2) is 65.3 Å². The zero-order valence-corrected chi connectivity index (χ0v) is 21.9. The molecule has 1 aromatic rings. The molecule has 0 spiro atoms. The first-order chi connectivity index (χ1) is 17.7. The first-order valence-electron chi connectivity index (χ1n) is 12.6. The summed E-state index contributed by atoms with van der Waals surface area (Å²) in [6.07, 6.45) is 11.4. The second-order valence-corrected chi connectivity index (χ2v) is 9.77. The second-order valence-electron chi connectivity index (χ2n) is 9.77. The summed E-state index contributed by atoms with van der Waals surface area (Å²) in [6, 6.07) is 4.96. The maximum absolute atomic E-state index is 14.2. The quantitative estimate of drug-likeness (QED) is 0.648. The summed E-state index contributed by atoms with van der Waals surface area (Å²) < 4.78 is 0. The molecule has 0 aromatic heterocycles. The summed E-state index contributed by atoms with van der Waals surface area (Å²) in [5, 5.41) is 15.4. The number of carbonyl (C=O) groups excluding carboxylic acids is 3. The number of amides is 3. The summed E-state index contributed by atoms with van der Waals surface area (Å²) in [5.41, 5.74) is 4.69.